The lowest BCUT2D eigenvalue weighted by molar-refractivity contribution is 0.0690. The number of hydrogen-bond acceptors (Lipinski definition) is 13. The van der Waals surface area contributed by atoms with Gasteiger partial charge in [0.1, 0.15) is 0 Å². The van der Waals surface area contributed by atoms with E-state index in [0.29, 0.717) is 46.6 Å². The normalized spacial score (nSPS) is 11.6. The third-order valence-corrected chi connectivity index (χ3v) is 8.82. The van der Waals surface area contributed by atoms with E-state index in [-0.39, 0.29) is 29.7 Å². The number of hydrogen-bond donors (Lipinski definition) is 5. The van der Waals surface area contributed by atoms with Crippen LogP contribution in [0.15, 0.2) is 48.5 Å². The minimum absolute atomic E-state index is 0.0757. The summed E-state index contributed by atoms with van der Waals surface area (Å²) in [6, 6.07) is 14.0. The van der Waals surface area contributed by atoms with E-state index in [1.54, 1.807) is 19.2 Å². The van der Waals surface area contributed by atoms with Crippen LogP contribution in [0.2, 0.25) is 0 Å². The number of carbonyl (C=O) groups is 1. The Morgan fingerprint density at radius 2 is 1.98 bits per heavy atom. The second-order valence-electron chi connectivity index (χ2n) is 10.3. The van der Waals surface area contributed by atoms with E-state index in [2.05, 4.69) is 42.6 Å². The van der Waals surface area contributed by atoms with Crippen molar-refractivity contribution in [2.75, 3.05) is 43.6 Å². The lowest BCUT2D eigenvalue weighted by Gasteiger charge is -2.23. The third-order valence-electron chi connectivity index (χ3n) is 6.73. The predicted octanol–water partition coefficient (Wildman–Crippen LogP) is 4.51. The highest BCUT2D eigenvalue weighted by atomic mass is 32.1. The van der Waals surface area contributed by atoms with Crippen molar-refractivity contribution < 1.29 is 29.2 Å². The molecule has 0 spiro atoms. The zero-order chi connectivity index (χ0) is 33.3. The Morgan fingerprint density at radius 3 is 2.70 bits per heavy atom. The fraction of sp³-hybridized carbons (Fsp3) is 0.281. The summed E-state index contributed by atoms with van der Waals surface area (Å²) in [5.74, 6) is 4.84. The molecule has 0 bridgehead atoms. The fourth-order valence-electron chi connectivity index (χ4n) is 4.43. The zero-order valence-corrected chi connectivity index (χ0v) is 27.2. The molecule has 244 valence electrons. The highest BCUT2D eigenvalue weighted by molar-refractivity contribution is 7.22. The number of thiazole rings is 2. The Kier molecular flexibility index (Phi) is 11.2. The molecule has 5 aromatic rings. The molecular weight excluding hydrogens is 646 g/mol. The first kappa shape index (κ1) is 33.6. The van der Waals surface area contributed by atoms with Crippen molar-refractivity contribution in [1.82, 2.24) is 25.5 Å². The van der Waals surface area contributed by atoms with Crippen molar-refractivity contribution in [1.29, 1.82) is 0 Å². The number of aryl methyl sites for hydroxylation is 2. The number of aromatic nitrogens is 4. The third kappa shape index (κ3) is 8.56. The molecular formula is C32H32FN7O5S2. The quantitative estimate of drug-likeness (QED) is 0.0826. The molecule has 3 heterocycles. The number of halogens is 1. The van der Waals surface area contributed by atoms with Gasteiger partial charge in [0, 0.05) is 10.4 Å². The Labute approximate surface area is 277 Å². The molecule has 0 saturated carbocycles. The van der Waals surface area contributed by atoms with E-state index in [4.69, 9.17) is 4.74 Å². The topological polar surface area (TPSA) is 166 Å². The van der Waals surface area contributed by atoms with Crippen LogP contribution in [0.5, 0.6) is 5.75 Å². The predicted molar refractivity (Wildman–Crippen MR) is 180 cm³/mol. The van der Waals surface area contributed by atoms with Crippen LogP contribution in [0.1, 0.15) is 32.9 Å². The second-order valence-corrected chi connectivity index (χ2v) is 12.4. The van der Waals surface area contributed by atoms with Crippen LogP contribution >= 0.6 is 22.7 Å². The smallest absolute Gasteiger partial charge is 0.355 e. The molecule has 0 fully saturated rings. The van der Waals surface area contributed by atoms with Crippen LogP contribution < -0.4 is 20.3 Å². The number of benzene rings is 2. The Morgan fingerprint density at radius 1 is 1.15 bits per heavy atom. The molecule has 2 aromatic carbocycles. The van der Waals surface area contributed by atoms with E-state index in [9.17, 15) is 24.5 Å². The molecule has 0 aliphatic heterocycles. The number of carboxylic acid groups (broad SMARTS) is 1. The number of carboxylic acids is 1. The maximum absolute atomic E-state index is 14.5. The van der Waals surface area contributed by atoms with Crippen LogP contribution in [-0.2, 0) is 6.42 Å². The van der Waals surface area contributed by atoms with Gasteiger partial charge < -0.3 is 30.7 Å². The Hall–Kier alpha value is -4.72. The SMILES string of the molecule is CNCC#Cc1ccc(OCCCc2sc(N(CC(O)CO)c3cc(C)c(Nc4nc5ccccc5s4)nn3)nc2C(=O)O)c(F)c1. The first-order valence-electron chi connectivity index (χ1n) is 14.6. The molecule has 0 aliphatic carbocycles. The van der Waals surface area contributed by atoms with Gasteiger partial charge in [-0.15, -0.1) is 21.5 Å². The van der Waals surface area contributed by atoms with E-state index in [0.717, 1.165) is 27.1 Å². The van der Waals surface area contributed by atoms with Crippen LogP contribution in [0, 0.1) is 24.6 Å². The van der Waals surface area contributed by atoms with E-state index < -0.39 is 24.5 Å². The number of aromatic carboxylic acids is 1. The van der Waals surface area contributed by atoms with Gasteiger partial charge in [0.15, 0.2) is 39.2 Å². The minimum atomic E-state index is -1.22. The second kappa shape index (κ2) is 15.7. The number of aliphatic hydroxyl groups is 2. The van der Waals surface area contributed by atoms with Gasteiger partial charge >= 0.3 is 5.97 Å². The summed E-state index contributed by atoms with van der Waals surface area (Å²) in [6.07, 6.45) is -0.488. The first-order chi connectivity index (χ1) is 22.7. The average Bonchev–Trinajstić information content (AvgIpc) is 3.68. The lowest BCUT2D eigenvalue weighted by atomic mass is 10.2. The number of nitrogens with zero attached hydrogens (tertiary/aromatic N) is 5. The maximum atomic E-state index is 14.5. The average molecular weight is 678 g/mol. The van der Waals surface area contributed by atoms with Crippen LogP contribution in [0.4, 0.5) is 26.3 Å². The highest BCUT2D eigenvalue weighted by Gasteiger charge is 2.25. The van der Waals surface area contributed by atoms with Crippen LogP contribution in [0.25, 0.3) is 10.2 Å². The molecule has 12 nitrogen and oxygen atoms in total. The number of fused-ring (bicyclic) bond motifs is 1. The molecule has 0 amide bonds. The summed E-state index contributed by atoms with van der Waals surface area (Å²) < 4.78 is 21.2. The van der Waals surface area contributed by atoms with Gasteiger partial charge in [0.2, 0.25) is 0 Å². The van der Waals surface area contributed by atoms with Crippen molar-refractivity contribution in [2.24, 2.45) is 0 Å². The van der Waals surface area contributed by atoms with Gasteiger partial charge in [0.05, 0.1) is 42.6 Å². The number of ether oxygens (including phenoxy) is 1. The van der Waals surface area contributed by atoms with Gasteiger partial charge in [-0.3, -0.25) is 4.90 Å². The monoisotopic (exact) mass is 677 g/mol. The maximum Gasteiger partial charge on any atom is 0.355 e. The number of para-hydroxylation sites is 1. The van der Waals surface area contributed by atoms with Crippen molar-refractivity contribution in [3.05, 3.63) is 76.0 Å². The summed E-state index contributed by atoms with van der Waals surface area (Å²) in [5, 5.41) is 45.5. The van der Waals surface area contributed by atoms with Gasteiger partial charge in [-0.05, 0) is 68.8 Å². The molecule has 3 aromatic heterocycles. The standard InChI is InChI=1S/C32H32FN7O5S2/c1-19-15-27(38-39-29(19)37-31-35-23-8-3-4-9-25(23)46-31)40(17-21(42)18-41)32-36-28(30(43)44)26(47-32)10-6-14-45-24-12-11-20(16-22(24)33)7-5-13-34-2/h3-4,8-9,11-12,15-16,21,34,41-42H,6,10,13-14,17-18H2,1-2H3,(H,43,44)(H,35,37,39). The molecule has 5 rings (SSSR count). The molecule has 0 saturated heterocycles. The number of nitrogens with one attached hydrogen (secondary N) is 2. The van der Waals surface area contributed by atoms with Crippen molar-refractivity contribution in [3.63, 3.8) is 0 Å². The molecule has 5 N–H and O–H groups in total. The zero-order valence-electron chi connectivity index (χ0n) is 25.5. The fourth-order valence-corrected chi connectivity index (χ4v) is 6.40. The number of anilines is 4. The van der Waals surface area contributed by atoms with E-state index in [1.165, 1.54) is 28.4 Å². The van der Waals surface area contributed by atoms with E-state index in [1.807, 2.05) is 31.2 Å². The van der Waals surface area contributed by atoms with Crippen molar-refractivity contribution >= 4 is 60.8 Å². The Bertz CT molecular complexity index is 1890. The van der Waals surface area contributed by atoms with Gasteiger partial charge in [-0.25, -0.2) is 19.2 Å². The van der Waals surface area contributed by atoms with Gasteiger partial charge in [-0.2, -0.15) is 0 Å². The summed E-state index contributed by atoms with van der Waals surface area (Å²) in [6.45, 7) is 1.81. The summed E-state index contributed by atoms with van der Waals surface area (Å²) in [5.41, 5.74) is 1.96. The van der Waals surface area contributed by atoms with E-state index >= 15 is 0 Å². The lowest BCUT2D eigenvalue weighted by Crippen LogP contribution is -2.31. The molecule has 15 heteroatoms. The molecule has 0 radical (unpaired) electrons. The molecule has 1 unspecified atom stereocenters. The molecule has 1 atom stereocenters. The van der Waals surface area contributed by atoms with Crippen LogP contribution in [0.3, 0.4) is 0 Å². The number of aliphatic hydroxyl groups excluding tert-OH is 2. The first-order valence-corrected chi connectivity index (χ1v) is 16.2. The van der Waals surface area contributed by atoms with Crippen molar-refractivity contribution in [3.8, 4) is 17.6 Å². The molecule has 47 heavy (non-hydrogen) atoms. The highest BCUT2D eigenvalue weighted by Crippen LogP contribution is 2.34. The van der Waals surface area contributed by atoms with Gasteiger partial charge in [-0.1, -0.05) is 35.3 Å². The largest absolute Gasteiger partial charge is 0.491 e. The van der Waals surface area contributed by atoms with Crippen LogP contribution in [-0.4, -0.2) is 80.9 Å². The minimum Gasteiger partial charge on any atom is -0.491 e. The summed E-state index contributed by atoms with van der Waals surface area (Å²) in [4.78, 5) is 23.0. The molecule has 0 aliphatic rings. The summed E-state index contributed by atoms with van der Waals surface area (Å²) in [7, 11) is 1.77. The number of rotatable bonds is 14. The van der Waals surface area contributed by atoms with Crippen molar-refractivity contribution in [2.45, 2.75) is 25.9 Å². The Balaban J connectivity index is 1.30. The van der Waals surface area contributed by atoms with Gasteiger partial charge in [0.25, 0.3) is 0 Å². The summed E-state index contributed by atoms with van der Waals surface area (Å²) >= 11 is 2.60.